The fourth-order valence-corrected chi connectivity index (χ4v) is 3.01. The molecule has 2 aliphatic rings. The minimum Gasteiger partial charge on any atom is -0.410 e. The SMILES string of the molecule is O/N=C1/C(C2=Cc3ccccc3C2)=Cc2ccccc21. The topological polar surface area (TPSA) is 32.6 Å². The van der Waals surface area contributed by atoms with E-state index in [1.54, 1.807) is 0 Å². The monoisotopic (exact) mass is 259 g/mol. The van der Waals surface area contributed by atoms with Crippen molar-refractivity contribution >= 4 is 17.9 Å². The molecule has 0 spiro atoms. The Morgan fingerprint density at radius 1 is 0.850 bits per heavy atom. The zero-order valence-corrected chi connectivity index (χ0v) is 10.9. The Morgan fingerprint density at radius 2 is 1.60 bits per heavy atom. The van der Waals surface area contributed by atoms with Crippen molar-refractivity contribution in [1.82, 2.24) is 0 Å². The quantitative estimate of drug-likeness (QED) is 0.611. The van der Waals surface area contributed by atoms with Gasteiger partial charge in [0.15, 0.2) is 0 Å². The van der Waals surface area contributed by atoms with Crippen molar-refractivity contribution in [2.45, 2.75) is 6.42 Å². The molecule has 4 rings (SSSR count). The number of hydrogen-bond donors (Lipinski definition) is 1. The Hall–Kier alpha value is -2.61. The van der Waals surface area contributed by atoms with E-state index in [9.17, 15) is 5.21 Å². The lowest BCUT2D eigenvalue weighted by Gasteiger charge is -2.05. The molecule has 0 aliphatic heterocycles. The highest BCUT2D eigenvalue weighted by Gasteiger charge is 2.25. The van der Waals surface area contributed by atoms with Gasteiger partial charge in [0.25, 0.3) is 0 Å². The highest BCUT2D eigenvalue weighted by molar-refractivity contribution is 6.23. The summed E-state index contributed by atoms with van der Waals surface area (Å²) in [5.41, 5.74) is 7.64. The predicted molar refractivity (Wildman–Crippen MR) is 80.9 cm³/mol. The summed E-state index contributed by atoms with van der Waals surface area (Å²) in [4.78, 5) is 0. The van der Waals surface area contributed by atoms with Crippen LogP contribution < -0.4 is 0 Å². The number of allylic oxidation sites excluding steroid dienone is 2. The van der Waals surface area contributed by atoms with E-state index < -0.39 is 0 Å². The third-order valence-electron chi connectivity index (χ3n) is 3.98. The minimum atomic E-state index is 0.680. The Morgan fingerprint density at radius 3 is 2.40 bits per heavy atom. The first-order valence-electron chi connectivity index (χ1n) is 6.69. The van der Waals surface area contributed by atoms with Gasteiger partial charge >= 0.3 is 0 Å². The largest absolute Gasteiger partial charge is 0.410 e. The Balaban J connectivity index is 1.80. The predicted octanol–water partition coefficient (Wildman–Crippen LogP) is 3.90. The van der Waals surface area contributed by atoms with Gasteiger partial charge in [-0.25, -0.2) is 0 Å². The smallest absolute Gasteiger partial charge is 0.118 e. The summed E-state index contributed by atoms with van der Waals surface area (Å²) in [6.07, 6.45) is 5.20. The maximum atomic E-state index is 9.38. The second-order valence-corrected chi connectivity index (χ2v) is 5.14. The van der Waals surface area contributed by atoms with Crippen molar-refractivity contribution in [3.63, 3.8) is 0 Å². The van der Waals surface area contributed by atoms with E-state index in [-0.39, 0.29) is 0 Å². The third kappa shape index (κ3) is 1.55. The van der Waals surface area contributed by atoms with E-state index in [1.807, 2.05) is 18.2 Å². The number of benzene rings is 2. The molecule has 0 heterocycles. The van der Waals surface area contributed by atoms with Crippen LogP contribution in [0.3, 0.4) is 0 Å². The Labute approximate surface area is 117 Å². The van der Waals surface area contributed by atoms with Crippen molar-refractivity contribution in [2.75, 3.05) is 0 Å². The number of fused-ring (bicyclic) bond motifs is 2. The number of hydrogen-bond acceptors (Lipinski definition) is 2. The summed E-state index contributed by atoms with van der Waals surface area (Å²) in [5, 5.41) is 12.9. The number of oxime groups is 1. The van der Waals surface area contributed by atoms with Gasteiger partial charge in [-0.05, 0) is 34.8 Å². The molecule has 0 saturated carbocycles. The molecule has 96 valence electrons. The molecule has 0 saturated heterocycles. The summed E-state index contributed by atoms with van der Waals surface area (Å²) >= 11 is 0. The van der Waals surface area contributed by atoms with E-state index in [0.29, 0.717) is 5.71 Å². The van der Waals surface area contributed by atoms with Gasteiger partial charge in [0.2, 0.25) is 0 Å². The summed E-state index contributed by atoms with van der Waals surface area (Å²) in [6, 6.07) is 16.4. The van der Waals surface area contributed by atoms with Crippen molar-refractivity contribution < 1.29 is 5.21 Å². The molecular weight excluding hydrogens is 246 g/mol. The van der Waals surface area contributed by atoms with Crippen LogP contribution in [-0.4, -0.2) is 10.9 Å². The molecule has 0 fully saturated rings. The molecule has 0 unspecified atom stereocenters. The molecule has 2 aromatic rings. The minimum absolute atomic E-state index is 0.680. The number of rotatable bonds is 1. The average Bonchev–Trinajstić information content (AvgIpc) is 3.07. The van der Waals surface area contributed by atoms with Gasteiger partial charge < -0.3 is 5.21 Å². The van der Waals surface area contributed by atoms with Gasteiger partial charge in [-0.1, -0.05) is 59.8 Å². The molecule has 0 amide bonds. The van der Waals surface area contributed by atoms with Crippen LogP contribution in [0.15, 0.2) is 64.8 Å². The van der Waals surface area contributed by atoms with Crippen LogP contribution in [0.1, 0.15) is 22.3 Å². The standard InChI is InChI=1S/C18H13NO/c20-19-18-16-8-4-3-7-14(16)11-17(18)15-9-12-5-1-2-6-13(12)10-15/h1-9,11,20H,10H2/b19-18+. The molecule has 20 heavy (non-hydrogen) atoms. The van der Waals surface area contributed by atoms with E-state index in [1.165, 1.54) is 16.7 Å². The second-order valence-electron chi connectivity index (χ2n) is 5.14. The van der Waals surface area contributed by atoms with Crippen LogP contribution in [0, 0.1) is 0 Å². The van der Waals surface area contributed by atoms with E-state index in [4.69, 9.17) is 0 Å². The molecule has 2 aliphatic carbocycles. The molecule has 0 aromatic heterocycles. The van der Waals surface area contributed by atoms with Crippen LogP contribution in [0.25, 0.3) is 12.2 Å². The average molecular weight is 259 g/mol. The molecular formula is C18H13NO. The van der Waals surface area contributed by atoms with Gasteiger partial charge in [-0.15, -0.1) is 0 Å². The second kappa shape index (κ2) is 4.20. The van der Waals surface area contributed by atoms with Crippen LogP contribution in [0.2, 0.25) is 0 Å². The first kappa shape index (κ1) is 11.2. The summed E-state index contributed by atoms with van der Waals surface area (Å²) < 4.78 is 0. The highest BCUT2D eigenvalue weighted by Crippen LogP contribution is 2.36. The van der Waals surface area contributed by atoms with Crippen molar-refractivity contribution in [3.8, 4) is 0 Å². The molecule has 0 radical (unpaired) electrons. The molecule has 0 atom stereocenters. The summed E-state index contributed by atoms with van der Waals surface area (Å²) in [6.45, 7) is 0. The molecule has 0 bridgehead atoms. The van der Waals surface area contributed by atoms with Crippen LogP contribution in [0.4, 0.5) is 0 Å². The van der Waals surface area contributed by atoms with Gasteiger partial charge in [0.1, 0.15) is 5.71 Å². The van der Waals surface area contributed by atoms with Crippen LogP contribution in [0.5, 0.6) is 0 Å². The van der Waals surface area contributed by atoms with E-state index >= 15 is 0 Å². The summed E-state index contributed by atoms with van der Waals surface area (Å²) in [5.74, 6) is 0. The van der Waals surface area contributed by atoms with Crippen molar-refractivity contribution in [1.29, 1.82) is 0 Å². The first-order valence-corrected chi connectivity index (χ1v) is 6.69. The highest BCUT2D eigenvalue weighted by atomic mass is 16.4. The lowest BCUT2D eigenvalue weighted by Crippen LogP contribution is -2.03. The van der Waals surface area contributed by atoms with E-state index in [0.717, 1.165) is 23.1 Å². The molecule has 1 N–H and O–H groups in total. The summed E-state index contributed by atoms with van der Waals surface area (Å²) in [7, 11) is 0. The van der Waals surface area contributed by atoms with Gasteiger partial charge in [0, 0.05) is 11.1 Å². The Kier molecular flexibility index (Phi) is 2.36. The van der Waals surface area contributed by atoms with Crippen LogP contribution >= 0.6 is 0 Å². The maximum Gasteiger partial charge on any atom is 0.118 e. The molecule has 2 heteroatoms. The molecule has 2 nitrogen and oxygen atoms in total. The zero-order chi connectivity index (χ0) is 13.5. The van der Waals surface area contributed by atoms with Gasteiger partial charge in [0.05, 0.1) is 0 Å². The fraction of sp³-hybridized carbons (Fsp3) is 0.0556. The van der Waals surface area contributed by atoms with Gasteiger partial charge in [-0.2, -0.15) is 0 Å². The number of nitrogens with zero attached hydrogens (tertiary/aromatic N) is 1. The van der Waals surface area contributed by atoms with Crippen LogP contribution in [-0.2, 0) is 6.42 Å². The Bertz CT molecular complexity index is 797. The zero-order valence-electron chi connectivity index (χ0n) is 10.9. The third-order valence-corrected chi connectivity index (χ3v) is 3.98. The molecule has 2 aromatic carbocycles. The normalized spacial score (nSPS) is 17.7. The lowest BCUT2D eigenvalue weighted by atomic mass is 10.00. The van der Waals surface area contributed by atoms with Crippen molar-refractivity contribution in [2.24, 2.45) is 5.16 Å². The first-order chi connectivity index (χ1) is 9.86. The van der Waals surface area contributed by atoms with Crippen molar-refractivity contribution in [3.05, 3.63) is 81.9 Å². The fourth-order valence-electron chi connectivity index (χ4n) is 3.01. The van der Waals surface area contributed by atoms with Gasteiger partial charge in [-0.3, -0.25) is 0 Å². The van der Waals surface area contributed by atoms with E-state index in [2.05, 4.69) is 47.6 Å². The lowest BCUT2D eigenvalue weighted by molar-refractivity contribution is 0.319. The maximum absolute atomic E-state index is 9.38.